The number of rotatable bonds is 0. The Morgan fingerprint density at radius 3 is 0.750 bits per heavy atom. The Hall–Kier alpha value is 1.89. The molecule has 0 amide bonds. The van der Waals surface area contributed by atoms with E-state index < -0.39 is 0 Å². The molecule has 0 bridgehead atoms. The second-order valence-electron chi connectivity index (χ2n) is 0. The summed E-state index contributed by atoms with van der Waals surface area (Å²) < 4.78 is 0. The molecule has 14 valence electrons. The van der Waals surface area contributed by atoms with E-state index >= 15 is 0 Å². The van der Waals surface area contributed by atoms with Gasteiger partial charge in [-0.3, -0.25) is 0 Å². The molecule has 0 fully saturated rings. The Kier molecular flexibility index (Phi) is 87.1. The summed E-state index contributed by atoms with van der Waals surface area (Å²) in [7, 11) is 0. The van der Waals surface area contributed by atoms with Crippen molar-refractivity contribution in [1.29, 1.82) is 0 Å². The Labute approximate surface area is 60.7 Å². The second kappa shape index (κ2) is 20.7. The normalized spacial score (nSPS) is 1.50. The Morgan fingerprint density at radius 2 is 0.750 bits per heavy atom. The van der Waals surface area contributed by atoms with Crippen LogP contribution in [0, 0.1) is 0 Å². The minimum atomic E-state index is 0. The molecule has 0 rings (SSSR count). The van der Waals surface area contributed by atoms with Gasteiger partial charge < -0.3 is 23.3 Å². The van der Waals surface area contributed by atoms with E-state index in [-0.39, 0.29) is 37.7 Å². The fourth-order valence-electron chi connectivity index (χ4n) is 0. The van der Waals surface area contributed by atoms with E-state index in [1.807, 2.05) is 0 Å². The monoisotopic (exact) mass is 78.0 g/mol. The molecule has 0 aromatic heterocycles. The first kappa shape index (κ1) is 16.9. The SMILES string of the molecule is [Li+].[Li+].[S-][S-]. The first-order valence-corrected chi connectivity index (χ1v) is 1.50. The molecule has 0 aliphatic carbocycles. The molecular formula is Li2S2. The van der Waals surface area contributed by atoms with Crippen LogP contribution in [-0.2, 0) is 23.3 Å². The maximum Gasteiger partial charge on any atom is 1.00 e. The van der Waals surface area contributed by atoms with Crippen LogP contribution in [0.15, 0.2) is 0 Å². The van der Waals surface area contributed by atoms with Gasteiger partial charge in [0.2, 0.25) is 0 Å². The zero-order valence-electron chi connectivity index (χ0n) is 2.82. The van der Waals surface area contributed by atoms with Crippen LogP contribution in [0.25, 0.3) is 0 Å². The molecule has 4 heavy (non-hydrogen) atoms. The van der Waals surface area contributed by atoms with E-state index in [9.17, 15) is 0 Å². The van der Waals surface area contributed by atoms with Crippen molar-refractivity contribution in [3.05, 3.63) is 0 Å². The van der Waals surface area contributed by atoms with Gasteiger partial charge in [0, 0.05) is 0 Å². The summed E-state index contributed by atoms with van der Waals surface area (Å²) in [5.74, 6) is 0. The van der Waals surface area contributed by atoms with Gasteiger partial charge >= 0.3 is 37.7 Å². The molecule has 0 nitrogen and oxygen atoms in total. The predicted octanol–water partition coefficient (Wildman–Crippen LogP) is -6.00. The summed E-state index contributed by atoms with van der Waals surface area (Å²) in [4.78, 5) is 0. The maximum atomic E-state index is 3.67. The molecule has 0 aromatic rings. The van der Waals surface area contributed by atoms with Crippen LogP contribution in [0.1, 0.15) is 0 Å². The van der Waals surface area contributed by atoms with Gasteiger partial charge in [0.05, 0.1) is 0 Å². The van der Waals surface area contributed by atoms with Crippen LogP contribution in [0.2, 0.25) is 0 Å². The van der Waals surface area contributed by atoms with Gasteiger partial charge in [-0.2, -0.15) is 0 Å². The summed E-state index contributed by atoms with van der Waals surface area (Å²) in [5.41, 5.74) is 0. The summed E-state index contributed by atoms with van der Waals surface area (Å²) in [6, 6.07) is 0. The molecule has 0 aromatic carbocycles. The van der Waals surface area contributed by atoms with Gasteiger partial charge in [-0.25, -0.2) is 0 Å². The fraction of sp³-hybridized carbons (Fsp3) is 0. The molecule has 0 N–H and O–H groups in total. The van der Waals surface area contributed by atoms with Gasteiger partial charge in [-0.1, -0.05) is 0 Å². The second-order valence-corrected chi connectivity index (χ2v) is 0. The van der Waals surface area contributed by atoms with Crippen molar-refractivity contribution in [1.82, 2.24) is 0 Å². The van der Waals surface area contributed by atoms with Gasteiger partial charge in [0.25, 0.3) is 0 Å². The van der Waals surface area contributed by atoms with Gasteiger partial charge in [-0.05, 0) is 0 Å². The van der Waals surface area contributed by atoms with E-state index in [0.717, 1.165) is 0 Å². The van der Waals surface area contributed by atoms with Gasteiger partial charge in [0.15, 0.2) is 0 Å². The number of hydrogen-bond donors (Lipinski definition) is 0. The van der Waals surface area contributed by atoms with Crippen molar-refractivity contribution in [3.8, 4) is 0 Å². The summed E-state index contributed by atoms with van der Waals surface area (Å²) in [6.45, 7) is 0. The zero-order chi connectivity index (χ0) is 2.00. The van der Waals surface area contributed by atoms with Crippen LogP contribution in [-0.4, -0.2) is 0 Å². The topological polar surface area (TPSA) is 0 Å². The van der Waals surface area contributed by atoms with Crippen molar-refractivity contribution in [2.75, 3.05) is 0 Å². The maximum absolute atomic E-state index is 3.67. The Bertz CT molecular complexity index is 4.00. The molecule has 4 heteroatoms. The summed E-state index contributed by atoms with van der Waals surface area (Å²) in [6.07, 6.45) is 0. The van der Waals surface area contributed by atoms with Crippen LogP contribution in [0.3, 0.4) is 0 Å². The van der Waals surface area contributed by atoms with E-state index in [2.05, 4.69) is 23.3 Å². The first-order chi connectivity index (χ1) is 1.00. The fourth-order valence-corrected chi connectivity index (χ4v) is 0. The average molecular weight is 78.0 g/mol. The molecule has 0 aliphatic heterocycles. The van der Waals surface area contributed by atoms with E-state index in [0.29, 0.717) is 0 Å². The van der Waals surface area contributed by atoms with Crippen molar-refractivity contribution < 1.29 is 37.7 Å². The van der Waals surface area contributed by atoms with Crippen molar-refractivity contribution in [2.24, 2.45) is 0 Å². The minimum Gasteiger partial charge on any atom is -1.00 e. The van der Waals surface area contributed by atoms with Gasteiger partial charge in [-0.15, -0.1) is 0 Å². The predicted molar refractivity (Wildman–Crippen MR) is 14.7 cm³/mol. The third-order valence-electron chi connectivity index (χ3n) is 0. The standard InChI is InChI=1S/2Li.S2/c;;1-2/q2*+1;-2. The quantitative estimate of drug-likeness (QED) is 0.161. The molecule has 0 saturated heterocycles. The van der Waals surface area contributed by atoms with Crippen LogP contribution >= 0.6 is 0 Å². The molecule has 0 unspecified atom stereocenters. The number of hydrogen-bond acceptors (Lipinski definition) is 2. The summed E-state index contributed by atoms with van der Waals surface area (Å²) >= 11 is 7.33. The molecule has 0 spiro atoms. The molecular weight excluding hydrogens is 78.0 g/mol. The Balaban J connectivity index is -0.00000000500. The largest absolute Gasteiger partial charge is 1.00 e. The third-order valence-corrected chi connectivity index (χ3v) is 0. The van der Waals surface area contributed by atoms with Crippen molar-refractivity contribution in [2.45, 2.75) is 0 Å². The van der Waals surface area contributed by atoms with Crippen LogP contribution in [0.5, 0.6) is 0 Å². The molecule has 0 heterocycles. The molecule has 0 aliphatic rings. The smallest absolute Gasteiger partial charge is 1.00 e. The zero-order valence-corrected chi connectivity index (χ0v) is 4.45. The third kappa shape index (κ3) is 9.09. The van der Waals surface area contributed by atoms with Crippen molar-refractivity contribution >= 4 is 23.3 Å². The van der Waals surface area contributed by atoms with E-state index in [1.165, 1.54) is 0 Å². The van der Waals surface area contributed by atoms with Crippen LogP contribution in [0.4, 0.5) is 0 Å². The van der Waals surface area contributed by atoms with Gasteiger partial charge in [0.1, 0.15) is 0 Å². The van der Waals surface area contributed by atoms with E-state index in [4.69, 9.17) is 0 Å². The Morgan fingerprint density at radius 1 is 0.750 bits per heavy atom. The average Bonchev–Trinajstić information content (AvgIpc) is 1.00. The first-order valence-electron chi connectivity index (χ1n) is 0.167. The molecule has 0 saturated carbocycles. The summed E-state index contributed by atoms with van der Waals surface area (Å²) in [5, 5.41) is 0. The van der Waals surface area contributed by atoms with Crippen molar-refractivity contribution in [3.63, 3.8) is 0 Å². The minimum absolute atomic E-state index is 0. The van der Waals surface area contributed by atoms with Crippen LogP contribution < -0.4 is 37.7 Å². The molecule has 0 atom stereocenters. The van der Waals surface area contributed by atoms with E-state index in [1.54, 1.807) is 0 Å². The molecule has 0 radical (unpaired) electrons.